The molecule has 4 heterocycles. The number of H-pyrrole nitrogens is 1. The molecule has 192 valence electrons. The Morgan fingerprint density at radius 3 is 2.84 bits per heavy atom. The SMILES string of the molecule is CC(NCc1cc2ccc(Cn3cnc(-c4cncc(N5CC[C@@H](F)C5)c4)n3)cc2[nH]1)C12CC(F)(C1)C2. The zero-order valence-corrected chi connectivity index (χ0v) is 20.9. The molecular formula is C28H31F2N7. The maximum absolute atomic E-state index is 13.9. The van der Waals surface area contributed by atoms with Gasteiger partial charge >= 0.3 is 0 Å². The maximum Gasteiger partial charge on any atom is 0.182 e. The smallest absolute Gasteiger partial charge is 0.182 e. The molecule has 1 saturated heterocycles. The van der Waals surface area contributed by atoms with Gasteiger partial charge in [-0.05, 0) is 67.2 Å². The van der Waals surface area contributed by atoms with E-state index in [1.165, 1.54) is 5.39 Å². The number of hydrogen-bond acceptors (Lipinski definition) is 5. The van der Waals surface area contributed by atoms with E-state index in [2.05, 4.69) is 56.6 Å². The van der Waals surface area contributed by atoms with E-state index in [1.54, 1.807) is 18.7 Å². The highest BCUT2D eigenvalue weighted by atomic mass is 19.1. The van der Waals surface area contributed by atoms with Crippen LogP contribution in [-0.2, 0) is 13.1 Å². The molecule has 2 N–H and O–H groups in total. The Balaban J connectivity index is 1.01. The summed E-state index contributed by atoms with van der Waals surface area (Å²) >= 11 is 0. The molecule has 1 aromatic carbocycles. The van der Waals surface area contributed by atoms with E-state index >= 15 is 0 Å². The normalized spacial score (nSPS) is 27.3. The Bertz CT molecular complexity index is 1440. The highest BCUT2D eigenvalue weighted by molar-refractivity contribution is 5.81. The third kappa shape index (κ3) is 4.09. The molecule has 0 spiro atoms. The Labute approximate surface area is 214 Å². The van der Waals surface area contributed by atoms with E-state index in [-0.39, 0.29) is 5.41 Å². The van der Waals surface area contributed by atoms with Gasteiger partial charge < -0.3 is 15.2 Å². The Kier molecular flexibility index (Phi) is 5.15. The van der Waals surface area contributed by atoms with Crippen molar-refractivity contribution in [1.82, 2.24) is 30.0 Å². The minimum atomic E-state index is -0.854. The first-order valence-corrected chi connectivity index (χ1v) is 13.1. The van der Waals surface area contributed by atoms with E-state index in [0.717, 1.165) is 34.6 Å². The van der Waals surface area contributed by atoms with Crippen LogP contribution in [-0.4, -0.2) is 55.7 Å². The molecule has 1 unspecified atom stereocenters. The van der Waals surface area contributed by atoms with Gasteiger partial charge in [0.05, 0.1) is 18.4 Å². The third-order valence-corrected chi connectivity index (χ3v) is 8.63. The zero-order chi connectivity index (χ0) is 25.2. The van der Waals surface area contributed by atoms with Crippen LogP contribution in [0.3, 0.4) is 0 Å². The predicted octanol–water partition coefficient (Wildman–Crippen LogP) is 4.79. The lowest BCUT2D eigenvalue weighted by Crippen LogP contribution is -2.70. The van der Waals surface area contributed by atoms with Crippen LogP contribution in [0.1, 0.15) is 43.9 Å². The third-order valence-electron chi connectivity index (χ3n) is 8.63. The summed E-state index contributed by atoms with van der Waals surface area (Å²) in [5, 5.41) is 9.44. The summed E-state index contributed by atoms with van der Waals surface area (Å²) in [7, 11) is 0. The molecule has 4 aromatic rings. The topological polar surface area (TPSA) is 74.7 Å². The Hall–Kier alpha value is -3.33. The average Bonchev–Trinajstić information content (AvgIpc) is 3.59. The molecule has 3 saturated carbocycles. The highest BCUT2D eigenvalue weighted by Gasteiger charge is 2.70. The van der Waals surface area contributed by atoms with E-state index < -0.39 is 11.8 Å². The predicted molar refractivity (Wildman–Crippen MR) is 139 cm³/mol. The molecule has 9 heteroatoms. The second-order valence-corrected chi connectivity index (χ2v) is 11.4. The number of fused-ring (bicyclic) bond motifs is 1. The molecule has 0 radical (unpaired) electrons. The van der Waals surface area contributed by atoms with Crippen LogP contribution >= 0.6 is 0 Å². The molecule has 0 amide bonds. The molecule has 2 bridgehead atoms. The number of nitrogens with zero attached hydrogens (tertiary/aromatic N) is 5. The molecule has 3 aliphatic carbocycles. The van der Waals surface area contributed by atoms with Crippen LogP contribution in [0.4, 0.5) is 14.5 Å². The molecule has 37 heavy (non-hydrogen) atoms. The van der Waals surface area contributed by atoms with Crippen LogP contribution in [0.25, 0.3) is 22.3 Å². The Morgan fingerprint density at radius 2 is 2.05 bits per heavy atom. The lowest BCUT2D eigenvalue weighted by atomic mass is 9.40. The summed E-state index contributed by atoms with van der Waals surface area (Å²) < 4.78 is 29.3. The number of anilines is 1. The molecule has 8 rings (SSSR count). The first-order valence-electron chi connectivity index (χ1n) is 13.1. The van der Waals surface area contributed by atoms with Gasteiger partial charge in [-0.15, -0.1) is 0 Å². The second-order valence-electron chi connectivity index (χ2n) is 11.4. The van der Waals surface area contributed by atoms with Crippen LogP contribution in [0.5, 0.6) is 0 Å². The fraction of sp³-hybridized carbons (Fsp3) is 0.464. The van der Waals surface area contributed by atoms with Crippen molar-refractivity contribution in [3.05, 3.63) is 60.3 Å². The number of pyridine rings is 1. The summed E-state index contributed by atoms with van der Waals surface area (Å²) in [5.41, 5.74) is 4.39. The number of hydrogen-bond donors (Lipinski definition) is 2. The monoisotopic (exact) mass is 503 g/mol. The number of aromatic nitrogens is 5. The van der Waals surface area contributed by atoms with Crippen molar-refractivity contribution in [2.24, 2.45) is 5.41 Å². The fourth-order valence-corrected chi connectivity index (χ4v) is 6.47. The molecule has 1 aliphatic heterocycles. The largest absolute Gasteiger partial charge is 0.367 e. The summed E-state index contributed by atoms with van der Waals surface area (Å²) in [6.07, 6.45) is 7.17. The Morgan fingerprint density at radius 1 is 1.19 bits per heavy atom. The van der Waals surface area contributed by atoms with Gasteiger partial charge in [-0.3, -0.25) is 4.98 Å². The lowest BCUT2D eigenvalue weighted by molar-refractivity contribution is -0.226. The first kappa shape index (κ1) is 22.8. The average molecular weight is 504 g/mol. The van der Waals surface area contributed by atoms with Gasteiger partial charge in [-0.2, -0.15) is 5.10 Å². The van der Waals surface area contributed by atoms with E-state index in [4.69, 9.17) is 0 Å². The van der Waals surface area contributed by atoms with Crippen LogP contribution in [0.15, 0.2) is 49.1 Å². The van der Waals surface area contributed by atoms with Gasteiger partial charge in [-0.25, -0.2) is 18.4 Å². The van der Waals surface area contributed by atoms with Crippen LogP contribution < -0.4 is 10.2 Å². The maximum atomic E-state index is 13.9. The minimum Gasteiger partial charge on any atom is -0.367 e. The van der Waals surface area contributed by atoms with Gasteiger partial charge in [0.1, 0.15) is 18.2 Å². The minimum absolute atomic E-state index is 0.174. The van der Waals surface area contributed by atoms with E-state index in [9.17, 15) is 8.78 Å². The standard InChI is InChI=1S/C28H31F2N7/c1-18(27-14-28(30,15-27)16-27)32-10-23-7-20-3-2-19(6-25(20)34-23)12-37-17-33-26(35-37)21-8-24(11-31-9-21)36-5-4-22(29)13-36/h2-3,6-9,11,17-18,22,32,34H,4-5,10,12-16H2,1H3/t18?,22-,27?,28?/m1/s1. The molecule has 3 aromatic heterocycles. The number of rotatable bonds is 8. The van der Waals surface area contributed by atoms with Crippen molar-refractivity contribution in [2.45, 2.75) is 63.6 Å². The van der Waals surface area contributed by atoms with Crippen molar-refractivity contribution >= 4 is 16.6 Å². The van der Waals surface area contributed by atoms with Gasteiger partial charge in [0.2, 0.25) is 0 Å². The number of benzene rings is 1. The lowest BCUT2D eigenvalue weighted by Gasteiger charge is -2.68. The van der Waals surface area contributed by atoms with Gasteiger partial charge in [0.15, 0.2) is 5.82 Å². The van der Waals surface area contributed by atoms with Crippen molar-refractivity contribution in [2.75, 3.05) is 18.0 Å². The molecule has 4 fully saturated rings. The number of halogens is 2. The van der Waals surface area contributed by atoms with Crippen molar-refractivity contribution < 1.29 is 8.78 Å². The number of nitrogens with one attached hydrogen (secondary N) is 2. The summed E-state index contributed by atoms with van der Waals surface area (Å²) in [6, 6.07) is 10.9. The van der Waals surface area contributed by atoms with E-state index in [0.29, 0.717) is 57.2 Å². The molecule has 2 atom stereocenters. The highest BCUT2D eigenvalue weighted by Crippen LogP contribution is 2.70. The van der Waals surface area contributed by atoms with Crippen LogP contribution in [0, 0.1) is 5.41 Å². The molecule has 7 nitrogen and oxygen atoms in total. The number of aromatic amines is 1. The van der Waals surface area contributed by atoms with E-state index in [1.807, 2.05) is 15.6 Å². The van der Waals surface area contributed by atoms with Crippen molar-refractivity contribution in [1.29, 1.82) is 0 Å². The molecule has 4 aliphatic rings. The van der Waals surface area contributed by atoms with Crippen LogP contribution in [0.2, 0.25) is 0 Å². The van der Waals surface area contributed by atoms with Gasteiger partial charge in [0, 0.05) is 48.6 Å². The molecular weight excluding hydrogens is 472 g/mol. The zero-order valence-electron chi connectivity index (χ0n) is 20.9. The number of alkyl halides is 2. The van der Waals surface area contributed by atoms with Crippen molar-refractivity contribution in [3.63, 3.8) is 0 Å². The summed E-state index contributed by atoms with van der Waals surface area (Å²) in [5.74, 6) is 0.608. The summed E-state index contributed by atoms with van der Waals surface area (Å²) in [6.45, 7) is 4.64. The first-order chi connectivity index (χ1) is 17.9. The summed E-state index contributed by atoms with van der Waals surface area (Å²) in [4.78, 5) is 14.4. The van der Waals surface area contributed by atoms with Gasteiger partial charge in [-0.1, -0.05) is 12.1 Å². The fourth-order valence-electron chi connectivity index (χ4n) is 6.47. The van der Waals surface area contributed by atoms with Crippen molar-refractivity contribution in [3.8, 4) is 11.4 Å². The quantitative estimate of drug-likeness (QED) is 0.362. The second kappa shape index (κ2) is 8.34. The van der Waals surface area contributed by atoms with Gasteiger partial charge in [0.25, 0.3) is 0 Å².